The average Bonchev–Trinajstić information content (AvgIpc) is 2.66. The van der Waals surface area contributed by atoms with E-state index in [1.807, 2.05) is 32.2 Å². The number of anilines is 1. The maximum absolute atomic E-state index is 4.37. The topological polar surface area (TPSA) is 53.6 Å². The Morgan fingerprint density at radius 1 is 1.47 bits per heavy atom. The highest BCUT2D eigenvalue weighted by Crippen LogP contribution is 2.18. The van der Waals surface area contributed by atoms with Crippen LogP contribution in [0.4, 0.5) is 5.82 Å². The Kier molecular flexibility index (Phi) is 2.67. The summed E-state index contributed by atoms with van der Waals surface area (Å²) < 4.78 is 0. The van der Waals surface area contributed by atoms with Gasteiger partial charge in [0.15, 0.2) is 0 Å². The third-order valence-corrected chi connectivity index (χ3v) is 2.12. The Morgan fingerprint density at radius 3 is 3.00 bits per heavy atom. The number of hydrogen-bond donors (Lipinski definition) is 2. The molecule has 0 aromatic carbocycles. The minimum Gasteiger partial charge on any atom is -0.370 e. The van der Waals surface area contributed by atoms with Crippen LogP contribution in [-0.4, -0.2) is 21.5 Å². The maximum atomic E-state index is 4.37. The van der Waals surface area contributed by atoms with Crippen molar-refractivity contribution in [2.24, 2.45) is 0 Å². The number of H-pyrrole nitrogens is 1. The summed E-state index contributed by atoms with van der Waals surface area (Å²) in [5.74, 6) is 1.81. The van der Waals surface area contributed by atoms with E-state index in [0.717, 1.165) is 29.4 Å². The van der Waals surface area contributed by atoms with Crippen molar-refractivity contribution >= 4 is 5.82 Å². The molecule has 0 bridgehead atoms. The zero-order valence-corrected chi connectivity index (χ0v) is 8.91. The number of rotatable bonds is 3. The van der Waals surface area contributed by atoms with Gasteiger partial charge in [0.25, 0.3) is 0 Å². The molecule has 2 heterocycles. The van der Waals surface area contributed by atoms with Gasteiger partial charge in [0.2, 0.25) is 0 Å². The predicted octanol–water partition coefficient (Wildman–Crippen LogP) is 2.21. The van der Waals surface area contributed by atoms with Crippen LogP contribution in [-0.2, 0) is 0 Å². The number of aromatic nitrogens is 3. The van der Waals surface area contributed by atoms with Gasteiger partial charge in [-0.1, -0.05) is 0 Å². The van der Waals surface area contributed by atoms with Crippen LogP contribution in [0.2, 0.25) is 0 Å². The van der Waals surface area contributed by atoms with E-state index in [2.05, 4.69) is 20.3 Å². The summed E-state index contributed by atoms with van der Waals surface area (Å²) in [7, 11) is 0. The minimum absolute atomic E-state index is 0.871. The van der Waals surface area contributed by atoms with E-state index in [4.69, 9.17) is 0 Å². The van der Waals surface area contributed by atoms with E-state index >= 15 is 0 Å². The number of pyridine rings is 1. The molecule has 0 radical (unpaired) electrons. The third-order valence-electron chi connectivity index (χ3n) is 2.12. The number of imidazole rings is 1. The van der Waals surface area contributed by atoms with Crippen molar-refractivity contribution < 1.29 is 0 Å². The summed E-state index contributed by atoms with van der Waals surface area (Å²) in [6.45, 7) is 4.86. The molecule has 0 aliphatic heterocycles. The van der Waals surface area contributed by atoms with Crippen LogP contribution in [0.25, 0.3) is 11.3 Å². The van der Waals surface area contributed by atoms with Gasteiger partial charge in [0.05, 0.1) is 5.69 Å². The Labute approximate surface area is 88.8 Å². The van der Waals surface area contributed by atoms with Crippen LogP contribution in [0, 0.1) is 6.92 Å². The van der Waals surface area contributed by atoms with E-state index in [1.54, 1.807) is 6.20 Å². The summed E-state index contributed by atoms with van der Waals surface area (Å²) in [4.78, 5) is 11.7. The van der Waals surface area contributed by atoms with Gasteiger partial charge in [-0.2, -0.15) is 0 Å². The van der Waals surface area contributed by atoms with Crippen LogP contribution >= 0.6 is 0 Å². The molecule has 0 aliphatic carbocycles. The van der Waals surface area contributed by atoms with Gasteiger partial charge in [-0.05, 0) is 26.0 Å². The van der Waals surface area contributed by atoms with Crippen LogP contribution in [0.5, 0.6) is 0 Å². The molecule has 2 aromatic heterocycles. The van der Waals surface area contributed by atoms with Crippen molar-refractivity contribution in [1.82, 2.24) is 15.0 Å². The van der Waals surface area contributed by atoms with Gasteiger partial charge in [0.1, 0.15) is 11.6 Å². The van der Waals surface area contributed by atoms with E-state index < -0.39 is 0 Å². The Morgan fingerprint density at radius 2 is 2.33 bits per heavy atom. The second kappa shape index (κ2) is 4.13. The Balaban J connectivity index is 2.32. The molecule has 0 amide bonds. The predicted molar refractivity (Wildman–Crippen MR) is 60.7 cm³/mol. The summed E-state index contributed by atoms with van der Waals surface area (Å²) >= 11 is 0. The molecule has 15 heavy (non-hydrogen) atoms. The summed E-state index contributed by atoms with van der Waals surface area (Å²) in [6, 6.07) is 3.95. The molecule has 78 valence electrons. The van der Waals surface area contributed by atoms with Crippen LogP contribution in [0.15, 0.2) is 24.5 Å². The first-order valence-corrected chi connectivity index (χ1v) is 5.02. The number of hydrogen-bond acceptors (Lipinski definition) is 3. The van der Waals surface area contributed by atoms with E-state index in [0.29, 0.717) is 0 Å². The van der Waals surface area contributed by atoms with Crippen molar-refractivity contribution in [3.8, 4) is 11.3 Å². The third kappa shape index (κ3) is 2.15. The summed E-state index contributed by atoms with van der Waals surface area (Å²) in [6.07, 6.45) is 3.69. The fourth-order valence-corrected chi connectivity index (χ4v) is 1.43. The molecule has 0 unspecified atom stereocenters. The molecule has 0 aliphatic rings. The van der Waals surface area contributed by atoms with Gasteiger partial charge in [-0.15, -0.1) is 0 Å². The molecular formula is C11H14N4. The number of nitrogens with zero attached hydrogens (tertiary/aromatic N) is 2. The molecule has 4 nitrogen and oxygen atoms in total. The van der Waals surface area contributed by atoms with Gasteiger partial charge in [-0.25, -0.2) is 9.97 Å². The smallest absolute Gasteiger partial charge is 0.126 e. The first-order chi connectivity index (χ1) is 7.29. The van der Waals surface area contributed by atoms with E-state index in [1.165, 1.54) is 0 Å². The van der Waals surface area contributed by atoms with Gasteiger partial charge in [-0.3, -0.25) is 0 Å². The highest BCUT2D eigenvalue weighted by atomic mass is 15.0. The molecular weight excluding hydrogens is 188 g/mol. The monoisotopic (exact) mass is 202 g/mol. The fourth-order valence-electron chi connectivity index (χ4n) is 1.43. The minimum atomic E-state index is 0.871. The van der Waals surface area contributed by atoms with Crippen molar-refractivity contribution in [2.45, 2.75) is 13.8 Å². The fraction of sp³-hybridized carbons (Fsp3) is 0.273. The maximum Gasteiger partial charge on any atom is 0.126 e. The number of aromatic amines is 1. The molecule has 0 fully saturated rings. The average molecular weight is 202 g/mol. The van der Waals surface area contributed by atoms with Crippen molar-refractivity contribution in [3.63, 3.8) is 0 Å². The summed E-state index contributed by atoms with van der Waals surface area (Å²) in [5.41, 5.74) is 2.03. The quantitative estimate of drug-likeness (QED) is 0.802. The van der Waals surface area contributed by atoms with Crippen LogP contribution < -0.4 is 5.32 Å². The van der Waals surface area contributed by atoms with Crippen molar-refractivity contribution in [2.75, 3.05) is 11.9 Å². The lowest BCUT2D eigenvalue weighted by molar-refractivity contribution is 1.14. The zero-order chi connectivity index (χ0) is 10.7. The normalized spacial score (nSPS) is 10.3. The summed E-state index contributed by atoms with van der Waals surface area (Å²) in [5, 5.41) is 3.18. The van der Waals surface area contributed by atoms with E-state index in [9.17, 15) is 0 Å². The second-order valence-electron chi connectivity index (χ2n) is 3.33. The molecule has 0 saturated heterocycles. The van der Waals surface area contributed by atoms with Crippen LogP contribution in [0.3, 0.4) is 0 Å². The highest BCUT2D eigenvalue weighted by molar-refractivity contribution is 5.62. The van der Waals surface area contributed by atoms with Gasteiger partial charge in [0, 0.05) is 24.5 Å². The van der Waals surface area contributed by atoms with Gasteiger partial charge >= 0.3 is 0 Å². The lowest BCUT2D eigenvalue weighted by Gasteiger charge is -2.02. The molecule has 0 spiro atoms. The molecule has 0 saturated carbocycles. The standard InChI is InChI=1S/C11H14N4/c1-3-12-11-6-9(4-5-13-11)10-7-14-8(2)15-10/h4-7H,3H2,1-2H3,(H,12,13)(H,14,15). The highest BCUT2D eigenvalue weighted by Gasteiger charge is 2.02. The first-order valence-electron chi connectivity index (χ1n) is 5.02. The zero-order valence-electron chi connectivity index (χ0n) is 8.91. The lowest BCUT2D eigenvalue weighted by Crippen LogP contribution is -1.98. The molecule has 2 rings (SSSR count). The lowest BCUT2D eigenvalue weighted by atomic mass is 10.2. The number of nitrogens with one attached hydrogen (secondary N) is 2. The number of aryl methyl sites for hydroxylation is 1. The Bertz CT molecular complexity index is 447. The van der Waals surface area contributed by atoms with Crippen molar-refractivity contribution in [3.05, 3.63) is 30.4 Å². The molecule has 0 atom stereocenters. The largest absolute Gasteiger partial charge is 0.370 e. The second-order valence-corrected chi connectivity index (χ2v) is 3.33. The van der Waals surface area contributed by atoms with Crippen molar-refractivity contribution in [1.29, 1.82) is 0 Å². The molecule has 4 heteroatoms. The van der Waals surface area contributed by atoms with Gasteiger partial charge < -0.3 is 10.3 Å². The molecule has 2 aromatic rings. The molecule has 2 N–H and O–H groups in total. The van der Waals surface area contributed by atoms with Crippen LogP contribution in [0.1, 0.15) is 12.7 Å². The van der Waals surface area contributed by atoms with E-state index in [-0.39, 0.29) is 0 Å². The SMILES string of the molecule is CCNc1cc(-c2c[nH]c(C)n2)ccn1. The Hall–Kier alpha value is -1.84. The first kappa shape index (κ1) is 9.71.